The van der Waals surface area contributed by atoms with Crippen molar-refractivity contribution in [3.05, 3.63) is 77.9 Å². The van der Waals surface area contributed by atoms with Crippen molar-refractivity contribution >= 4 is 17.4 Å². The van der Waals surface area contributed by atoms with Crippen molar-refractivity contribution in [2.45, 2.75) is 0 Å². The van der Waals surface area contributed by atoms with Crippen LogP contribution in [0.2, 0.25) is 0 Å². The maximum absolute atomic E-state index is 12.3. The van der Waals surface area contributed by atoms with Crippen molar-refractivity contribution in [3.63, 3.8) is 0 Å². The second-order valence-corrected chi connectivity index (χ2v) is 4.87. The molecule has 0 fully saturated rings. The predicted molar refractivity (Wildman–Crippen MR) is 86.0 cm³/mol. The number of nitrogens with zero attached hydrogens (tertiary/aromatic N) is 1. The molecule has 2 aromatic carbocycles. The van der Waals surface area contributed by atoms with Crippen LogP contribution in [-0.2, 0) is 4.79 Å². The van der Waals surface area contributed by atoms with Crippen LogP contribution in [-0.4, -0.2) is 30.5 Å². The van der Waals surface area contributed by atoms with E-state index in [4.69, 9.17) is 5.11 Å². The van der Waals surface area contributed by atoms with Crippen molar-refractivity contribution < 1.29 is 14.7 Å². The number of likely N-dealkylation sites (N-methyl/N-ethyl adjacent to an activating group) is 1. The molecule has 112 valence electrons. The Labute approximate surface area is 129 Å². The molecule has 0 heterocycles. The Morgan fingerprint density at radius 2 is 1.55 bits per heavy atom. The molecular weight excluding hydrogens is 278 g/mol. The highest BCUT2D eigenvalue weighted by Gasteiger charge is 2.15. The highest BCUT2D eigenvalue weighted by molar-refractivity contribution is 6.09. The number of benzene rings is 2. The lowest BCUT2D eigenvalue weighted by Crippen LogP contribution is -2.28. The molecule has 0 saturated carbocycles. The summed E-state index contributed by atoms with van der Waals surface area (Å²) in [6.45, 7) is 3.13. The lowest BCUT2D eigenvalue weighted by Gasteiger charge is -2.18. The van der Waals surface area contributed by atoms with Crippen molar-refractivity contribution in [1.82, 2.24) is 0 Å². The van der Waals surface area contributed by atoms with Gasteiger partial charge in [0.1, 0.15) is 0 Å². The third-order valence-electron chi connectivity index (χ3n) is 3.35. The summed E-state index contributed by atoms with van der Waals surface area (Å²) >= 11 is 0. The van der Waals surface area contributed by atoms with Crippen molar-refractivity contribution in [2.24, 2.45) is 0 Å². The Kier molecular flexibility index (Phi) is 4.86. The van der Waals surface area contributed by atoms with Crippen molar-refractivity contribution in [3.8, 4) is 0 Å². The first-order valence-electron chi connectivity index (χ1n) is 6.81. The van der Waals surface area contributed by atoms with Gasteiger partial charge in [-0.1, -0.05) is 36.9 Å². The van der Waals surface area contributed by atoms with Gasteiger partial charge in [0.15, 0.2) is 5.78 Å². The molecular formula is C18H17NO3. The number of carbonyl (C=O) groups is 2. The quantitative estimate of drug-likeness (QED) is 0.681. The lowest BCUT2D eigenvalue weighted by molar-refractivity contribution is -0.115. The van der Waals surface area contributed by atoms with Gasteiger partial charge in [-0.3, -0.25) is 9.59 Å². The van der Waals surface area contributed by atoms with Crippen LogP contribution in [0, 0.1) is 0 Å². The maximum atomic E-state index is 12.3. The van der Waals surface area contributed by atoms with Crippen LogP contribution >= 0.6 is 0 Å². The lowest BCUT2D eigenvalue weighted by atomic mass is 10.0. The van der Waals surface area contributed by atoms with E-state index in [-0.39, 0.29) is 23.9 Å². The minimum absolute atomic E-state index is 0.0686. The van der Waals surface area contributed by atoms with Gasteiger partial charge in [-0.15, -0.1) is 0 Å². The van der Waals surface area contributed by atoms with Crippen molar-refractivity contribution in [1.29, 1.82) is 0 Å². The molecule has 0 bridgehead atoms. The Bertz CT molecular complexity index is 690. The minimum atomic E-state index is -0.381. The Morgan fingerprint density at radius 1 is 1.00 bits per heavy atom. The molecule has 0 atom stereocenters. The number of amides is 1. The molecule has 0 saturated heterocycles. The summed E-state index contributed by atoms with van der Waals surface area (Å²) in [5, 5.41) is 8.95. The highest BCUT2D eigenvalue weighted by atomic mass is 16.3. The Hall–Kier alpha value is -2.72. The van der Waals surface area contributed by atoms with Gasteiger partial charge in [0.25, 0.3) is 5.91 Å². The molecule has 0 aliphatic carbocycles. The first kappa shape index (κ1) is 15.7. The Balaban J connectivity index is 2.19. The van der Waals surface area contributed by atoms with E-state index < -0.39 is 0 Å². The van der Waals surface area contributed by atoms with Gasteiger partial charge in [0, 0.05) is 29.4 Å². The predicted octanol–water partition coefficient (Wildman–Crippen LogP) is 2.43. The third kappa shape index (κ3) is 3.30. The number of hydrogen-bond acceptors (Lipinski definition) is 3. The Morgan fingerprint density at radius 3 is 2.09 bits per heavy atom. The van der Waals surface area contributed by atoms with E-state index in [1.165, 1.54) is 4.90 Å². The highest BCUT2D eigenvalue weighted by Crippen LogP contribution is 2.17. The SMILES string of the molecule is C=C(CO)C(=O)N(C)c1ccc(C(=O)c2ccccc2)cc1. The zero-order chi connectivity index (χ0) is 16.1. The summed E-state index contributed by atoms with van der Waals surface area (Å²) in [6.07, 6.45) is 0. The molecule has 0 unspecified atom stereocenters. The summed E-state index contributed by atoms with van der Waals surface area (Å²) in [4.78, 5) is 25.6. The van der Waals surface area contributed by atoms with E-state index in [2.05, 4.69) is 6.58 Å². The second kappa shape index (κ2) is 6.83. The smallest absolute Gasteiger partial charge is 0.255 e. The van der Waals surface area contributed by atoms with Gasteiger partial charge in [0.05, 0.1) is 6.61 Å². The van der Waals surface area contributed by atoms with E-state index in [0.717, 1.165) is 0 Å². The van der Waals surface area contributed by atoms with E-state index in [1.807, 2.05) is 18.2 Å². The van der Waals surface area contributed by atoms with Gasteiger partial charge in [0.2, 0.25) is 0 Å². The number of hydrogen-bond donors (Lipinski definition) is 1. The number of rotatable bonds is 5. The van der Waals surface area contributed by atoms with Gasteiger partial charge >= 0.3 is 0 Å². The molecule has 0 aromatic heterocycles. The van der Waals surface area contributed by atoms with Crippen LogP contribution in [0.1, 0.15) is 15.9 Å². The van der Waals surface area contributed by atoms with Crippen LogP contribution < -0.4 is 4.90 Å². The van der Waals surface area contributed by atoms with Crippen LogP contribution in [0.5, 0.6) is 0 Å². The zero-order valence-corrected chi connectivity index (χ0v) is 12.3. The molecule has 4 heteroatoms. The number of aliphatic hydroxyl groups excluding tert-OH is 1. The molecule has 1 amide bonds. The third-order valence-corrected chi connectivity index (χ3v) is 3.35. The van der Waals surface area contributed by atoms with Gasteiger partial charge in [-0.25, -0.2) is 0 Å². The topological polar surface area (TPSA) is 57.6 Å². The van der Waals surface area contributed by atoms with Crippen molar-refractivity contribution in [2.75, 3.05) is 18.6 Å². The number of ketones is 1. The summed E-state index contributed by atoms with van der Waals surface area (Å²) in [7, 11) is 1.59. The normalized spacial score (nSPS) is 10.1. The van der Waals surface area contributed by atoms with Gasteiger partial charge < -0.3 is 10.0 Å². The van der Waals surface area contributed by atoms with E-state index in [9.17, 15) is 9.59 Å². The number of anilines is 1. The standard InChI is InChI=1S/C18H17NO3/c1-13(12-20)18(22)19(2)16-10-8-15(9-11-16)17(21)14-6-4-3-5-7-14/h3-11,20H,1,12H2,2H3. The average Bonchev–Trinajstić information content (AvgIpc) is 2.60. The maximum Gasteiger partial charge on any atom is 0.255 e. The first-order chi connectivity index (χ1) is 10.5. The zero-order valence-electron chi connectivity index (χ0n) is 12.3. The molecule has 0 radical (unpaired) electrons. The van der Waals surface area contributed by atoms with Crippen LogP contribution in [0.4, 0.5) is 5.69 Å². The summed E-state index contributed by atoms with van der Waals surface area (Å²) < 4.78 is 0. The molecule has 4 nitrogen and oxygen atoms in total. The molecule has 0 aliphatic rings. The fourth-order valence-corrected chi connectivity index (χ4v) is 2.01. The molecule has 0 spiro atoms. The fraction of sp³-hybridized carbons (Fsp3) is 0.111. The second-order valence-electron chi connectivity index (χ2n) is 4.87. The number of aliphatic hydroxyl groups is 1. The van der Waals surface area contributed by atoms with Crippen LogP contribution in [0.15, 0.2) is 66.7 Å². The van der Waals surface area contributed by atoms with Crippen LogP contribution in [0.3, 0.4) is 0 Å². The summed E-state index contributed by atoms with van der Waals surface area (Å²) in [5.74, 6) is -0.425. The molecule has 0 aliphatic heterocycles. The molecule has 22 heavy (non-hydrogen) atoms. The molecule has 2 rings (SSSR count). The number of carbonyl (C=O) groups excluding carboxylic acids is 2. The van der Waals surface area contributed by atoms with Gasteiger partial charge in [-0.2, -0.15) is 0 Å². The van der Waals surface area contributed by atoms with E-state index in [1.54, 1.807) is 43.4 Å². The fourth-order valence-electron chi connectivity index (χ4n) is 2.01. The summed E-state index contributed by atoms with van der Waals surface area (Å²) in [5.41, 5.74) is 1.92. The molecule has 2 aromatic rings. The van der Waals surface area contributed by atoms with Gasteiger partial charge in [-0.05, 0) is 24.3 Å². The monoisotopic (exact) mass is 295 g/mol. The molecule has 1 N–H and O–H groups in total. The van der Waals surface area contributed by atoms with E-state index in [0.29, 0.717) is 16.8 Å². The minimum Gasteiger partial charge on any atom is -0.391 e. The van der Waals surface area contributed by atoms with E-state index >= 15 is 0 Å². The van der Waals surface area contributed by atoms with Crippen LogP contribution in [0.25, 0.3) is 0 Å². The first-order valence-corrected chi connectivity index (χ1v) is 6.81. The summed E-state index contributed by atoms with van der Waals surface area (Å²) in [6, 6.07) is 15.7. The average molecular weight is 295 g/mol. The largest absolute Gasteiger partial charge is 0.391 e.